The molecule has 0 N–H and O–H groups in total. The average molecular weight is 278 g/mol. The highest BCUT2D eigenvalue weighted by Crippen LogP contribution is 2.20. The van der Waals surface area contributed by atoms with E-state index in [1.165, 1.54) is 38.6 Å². The Morgan fingerprint density at radius 1 is 1.20 bits per heavy atom. The fraction of sp³-hybridized carbons (Fsp3) is 0.824. The molecule has 0 radical (unpaired) electrons. The highest BCUT2D eigenvalue weighted by Gasteiger charge is 2.20. The number of amides is 1. The van der Waals surface area contributed by atoms with Gasteiger partial charge < -0.3 is 4.90 Å². The summed E-state index contributed by atoms with van der Waals surface area (Å²) in [5.74, 6) is 0.362. The van der Waals surface area contributed by atoms with Gasteiger partial charge in [-0.1, -0.05) is 25.0 Å². The molecular weight excluding hydrogens is 248 g/mol. The van der Waals surface area contributed by atoms with Crippen molar-refractivity contribution in [3.05, 3.63) is 11.6 Å². The second kappa shape index (κ2) is 8.46. The van der Waals surface area contributed by atoms with E-state index in [1.54, 1.807) is 5.57 Å². The summed E-state index contributed by atoms with van der Waals surface area (Å²) < 4.78 is 0. The molecule has 1 fully saturated rings. The molecule has 114 valence electrons. The molecule has 0 aromatic heterocycles. The smallest absolute Gasteiger partial charge is 0.222 e. The summed E-state index contributed by atoms with van der Waals surface area (Å²) in [6, 6.07) is 0. The first-order chi connectivity index (χ1) is 9.79. The topological polar surface area (TPSA) is 23.6 Å². The third-order valence-corrected chi connectivity index (χ3v) is 4.60. The van der Waals surface area contributed by atoms with Crippen molar-refractivity contribution in [2.45, 2.75) is 58.3 Å². The van der Waals surface area contributed by atoms with Crippen LogP contribution in [-0.4, -0.2) is 48.4 Å². The van der Waals surface area contributed by atoms with Crippen molar-refractivity contribution in [2.24, 2.45) is 0 Å². The van der Waals surface area contributed by atoms with Crippen molar-refractivity contribution in [3.8, 4) is 0 Å². The largest absolute Gasteiger partial charge is 0.340 e. The van der Waals surface area contributed by atoms with Gasteiger partial charge in [0.1, 0.15) is 0 Å². The van der Waals surface area contributed by atoms with Crippen LogP contribution in [0.4, 0.5) is 0 Å². The summed E-state index contributed by atoms with van der Waals surface area (Å²) >= 11 is 0. The molecule has 1 aliphatic heterocycles. The van der Waals surface area contributed by atoms with Crippen molar-refractivity contribution in [3.63, 3.8) is 0 Å². The van der Waals surface area contributed by atoms with Crippen LogP contribution in [-0.2, 0) is 4.79 Å². The van der Waals surface area contributed by atoms with Gasteiger partial charge in [-0.15, -0.1) is 0 Å². The van der Waals surface area contributed by atoms with E-state index in [0.29, 0.717) is 5.91 Å². The van der Waals surface area contributed by atoms with E-state index in [-0.39, 0.29) is 0 Å². The van der Waals surface area contributed by atoms with Crippen molar-refractivity contribution in [1.82, 2.24) is 9.80 Å². The lowest BCUT2D eigenvalue weighted by atomic mass is 9.97. The molecule has 20 heavy (non-hydrogen) atoms. The summed E-state index contributed by atoms with van der Waals surface area (Å²) in [6.07, 6.45) is 11.9. The number of carbonyl (C=O) groups is 1. The van der Waals surface area contributed by atoms with Crippen molar-refractivity contribution in [2.75, 3.05) is 32.7 Å². The number of rotatable bonds is 6. The quantitative estimate of drug-likeness (QED) is 0.697. The molecule has 0 spiro atoms. The van der Waals surface area contributed by atoms with Crippen molar-refractivity contribution in [1.29, 1.82) is 0 Å². The number of unbranched alkanes of at least 4 members (excludes halogenated alkanes) is 1. The molecule has 0 aromatic rings. The molecule has 0 unspecified atom stereocenters. The van der Waals surface area contributed by atoms with Gasteiger partial charge in [-0.05, 0) is 38.5 Å². The van der Waals surface area contributed by atoms with Gasteiger partial charge in [0.05, 0.1) is 0 Å². The molecular formula is C17H30N2O. The number of piperazine rings is 1. The number of hydrogen-bond donors (Lipinski definition) is 0. The van der Waals surface area contributed by atoms with E-state index in [1.807, 2.05) is 0 Å². The van der Waals surface area contributed by atoms with E-state index in [2.05, 4.69) is 22.8 Å². The molecule has 0 bridgehead atoms. The Morgan fingerprint density at radius 3 is 2.65 bits per heavy atom. The summed E-state index contributed by atoms with van der Waals surface area (Å²) in [5.41, 5.74) is 1.66. The van der Waals surface area contributed by atoms with Crippen LogP contribution < -0.4 is 0 Å². The van der Waals surface area contributed by atoms with E-state index in [4.69, 9.17) is 0 Å². The van der Waals surface area contributed by atoms with Crippen molar-refractivity contribution < 1.29 is 4.79 Å². The Morgan fingerprint density at radius 2 is 2.00 bits per heavy atom. The highest BCUT2D eigenvalue weighted by molar-refractivity contribution is 5.76. The summed E-state index contributed by atoms with van der Waals surface area (Å²) in [4.78, 5) is 16.6. The summed E-state index contributed by atoms with van der Waals surface area (Å²) in [7, 11) is 0. The van der Waals surface area contributed by atoms with Crippen molar-refractivity contribution >= 4 is 5.91 Å². The standard InChI is InChI=1S/C17H30N2O/c1-2-3-9-17(20)19-14-12-18(13-15-19)11-10-16-7-5-4-6-8-16/h7H,2-6,8-15H2,1H3. The van der Waals surface area contributed by atoms with E-state index < -0.39 is 0 Å². The molecule has 2 rings (SSSR count). The minimum Gasteiger partial charge on any atom is -0.340 e. The minimum absolute atomic E-state index is 0.362. The van der Waals surface area contributed by atoms with Crippen LogP contribution in [0.15, 0.2) is 11.6 Å². The third-order valence-electron chi connectivity index (χ3n) is 4.60. The molecule has 2 aliphatic rings. The molecule has 0 aromatic carbocycles. The van der Waals surface area contributed by atoms with Crippen LogP contribution in [0.25, 0.3) is 0 Å². The van der Waals surface area contributed by atoms with Gasteiger partial charge >= 0.3 is 0 Å². The summed E-state index contributed by atoms with van der Waals surface area (Å²) in [5, 5.41) is 0. The van der Waals surface area contributed by atoms with Crippen LogP contribution in [0, 0.1) is 0 Å². The highest BCUT2D eigenvalue weighted by atomic mass is 16.2. The maximum Gasteiger partial charge on any atom is 0.222 e. The Labute approximate surface area is 124 Å². The lowest BCUT2D eigenvalue weighted by molar-refractivity contribution is -0.133. The fourth-order valence-corrected chi connectivity index (χ4v) is 3.14. The van der Waals surface area contributed by atoms with Crippen LogP contribution in [0.1, 0.15) is 58.3 Å². The van der Waals surface area contributed by atoms with Crippen LogP contribution in [0.5, 0.6) is 0 Å². The first-order valence-corrected chi connectivity index (χ1v) is 8.47. The fourth-order valence-electron chi connectivity index (χ4n) is 3.14. The maximum absolute atomic E-state index is 12.0. The predicted molar refractivity (Wildman–Crippen MR) is 83.7 cm³/mol. The normalized spacial score (nSPS) is 20.9. The summed E-state index contributed by atoms with van der Waals surface area (Å²) in [6.45, 7) is 7.31. The zero-order chi connectivity index (χ0) is 14.2. The molecule has 1 aliphatic carbocycles. The molecule has 1 heterocycles. The molecule has 0 atom stereocenters. The van der Waals surface area contributed by atoms with Gasteiger partial charge in [0.25, 0.3) is 0 Å². The predicted octanol–water partition coefficient (Wildman–Crippen LogP) is 3.21. The number of carbonyl (C=O) groups excluding carboxylic acids is 1. The second-order valence-corrected chi connectivity index (χ2v) is 6.18. The maximum atomic E-state index is 12.0. The molecule has 1 amide bonds. The second-order valence-electron chi connectivity index (χ2n) is 6.18. The molecule has 3 nitrogen and oxygen atoms in total. The molecule has 3 heteroatoms. The molecule has 1 saturated heterocycles. The van der Waals surface area contributed by atoms with E-state index in [0.717, 1.165) is 45.4 Å². The Kier molecular flexibility index (Phi) is 6.58. The first-order valence-electron chi connectivity index (χ1n) is 8.47. The van der Waals surface area contributed by atoms with E-state index in [9.17, 15) is 4.79 Å². The van der Waals surface area contributed by atoms with Gasteiger partial charge in [0.15, 0.2) is 0 Å². The van der Waals surface area contributed by atoms with Gasteiger partial charge in [-0.3, -0.25) is 9.69 Å². The lowest BCUT2D eigenvalue weighted by Crippen LogP contribution is -2.48. The Bertz CT molecular complexity index is 330. The monoisotopic (exact) mass is 278 g/mol. The van der Waals surface area contributed by atoms with Gasteiger partial charge in [0, 0.05) is 39.1 Å². The van der Waals surface area contributed by atoms with Gasteiger partial charge in [0.2, 0.25) is 5.91 Å². The van der Waals surface area contributed by atoms with E-state index >= 15 is 0 Å². The van der Waals surface area contributed by atoms with Crippen LogP contribution in [0.2, 0.25) is 0 Å². The van der Waals surface area contributed by atoms with Gasteiger partial charge in [-0.2, -0.15) is 0 Å². The van der Waals surface area contributed by atoms with Gasteiger partial charge in [-0.25, -0.2) is 0 Å². The zero-order valence-corrected chi connectivity index (χ0v) is 13.1. The Balaban J connectivity index is 1.63. The SMILES string of the molecule is CCCCC(=O)N1CCN(CCC2=CCCCC2)CC1. The number of hydrogen-bond acceptors (Lipinski definition) is 2. The van der Waals surface area contributed by atoms with Crippen LogP contribution >= 0.6 is 0 Å². The lowest BCUT2D eigenvalue weighted by Gasteiger charge is -2.35. The Hall–Kier alpha value is -0.830. The zero-order valence-electron chi connectivity index (χ0n) is 13.1. The number of allylic oxidation sites excluding steroid dienone is 1. The minimum atomic E-state index is 0.362. The first kappa shape index (κ1) is 15.6. The average Bonchev–Trinajstić information content (AvgIpc) is 2.52. The van der Waals surface area contributed by atoms with Crippen LogP contribution in [0.3, 0.4) is 0 Å². The molecule has 0 saturated carbocycles. The number of nitrogens with zero attached hydrogens (tertiary/aromatic N) is 2. The third kappa shape index (κ3) is 4.93.